The molecule has 1 aliphatic carbocycles. The number of hydrogen-bond donors (Lipinski definition) is 1. The number of anilines is 1. The maximum atomic E-state index is 5.25. The first-order valence-electron chi connectivity index (χ1n) is 7.33. The standard InChI is InChI=1S/C16H21N3O/c1-11-5-3-4-6-14(11)19-16-13-8-7-12(20-2)9-15(13)17-10-18-16/h7-11,14H,3-6H2,1-2H3,(H,17,18,19). The number of ether oxygens (including phenoxy) is 1. The average molecular weight is 271 g/mol. The topological polar surface area (TPSA) is 47.0 Å². The molecule has 0 saturated heterocycles. The summed E-state index contributed by atoms with van der Waals surface area (Å²) in [6.45, 7) is 2.32. The molecule has 106 valence electrons. The lowest BCUT2D eigenvalue weighted by molar-refractivity contribution is 0.349. The fourth-order valence-corrected chi connectivity index (χ4v) is 2.99. The molecule has 2 unspecified atom stereocenters. The van der Waals surface area contributed by atoms with Gasteiger partial charge < -0.3 is 10.1 Å². The molecular weight excluding hydrogens is 250 g/mol. The van der Waals surface area contributed by atoms with E-state index in [2.05, 4.69) is 22.2 Å². The van der Waals surface area contributed by atoms with Crippen molar-refractivity contribution in [2.45, 2.75) is 38.6 Å². The maximum absolute atomic E-state index is 5.25. The van der Waals surface area contributed by atoms with Crippen LogP contribution in [0, 0.1) is 5.92 Å². The lowest BCUT2D eigenvalue weighted by Gasteiger charge is -2.30. The zero-order chi connectivity index (χ0) is 13.9. The Labute approximate surface area is 119 Å². The molecule has 1 aromatic heterocycles. The third-order valence-electron chi connectivity index (χ3n) is 4.28. The predicted molar refractivity (Wildman–Crippen MR) is 81.1 cm³/mol. The summed E-state index contributed by atoms with van der Waals surface area (Å²) in [6.07, 6.45) is 6.80. The molecule has 0 bridgehead atoms. The van der Waals surface area contributed by atoms with E-state index in [4.69, 9.17) is 4.74 Å². The summed E-state index contributed by atoms with van der Waals surface area (Å²) in [7, 11) is 1.67. The largest absolute Gasteiger partial charge is 0.497 e. The monoisotopic (exact) mass is 271 g/mol. The quantitative estimate of drug-likeness (QED) is 0.926. The highest BCUT2D eigenvalue weighted by atomic mass is 16.5. The van der Waals surface area contributed by atoms with Gasteiger partial charge in [0.15, 0.2) is 0 Å². The lowest BCUT2D eigenvalue weighted by Crippen LogP contribution is -2.30. The van der Waals surface area contributed by atoms with Gasteiger partial charge in [-0.05, 0) is 30.9 Å². The van der Waals surface area contributed by atoms with Crippen molar-refractivity contribution < 1.29 is 4.74 Å². The first-order chi connectivity index (χ1) is 9.78. The van der Waals surface area contributed by atoms with Gasteiger partial charge in [0.1, 0.15) is 17.9 Å². The molecule has 0 radical (unpaired) electrons. The van der Waals surface area contributed by atoms with E-state index >= 15 is 0 Å². The summed E-state index contributed by atoms with van der Waals surface area (Å²) in [6, 6.07) is 6.46. The molecule has 0 aliphatic heterocycles. The fourth-order valence-electron chi connectivity index (χ4n) is 2.99. The van der Waals surface area contributed by atoms with Crippen molar-refractivity contribution in [3.8, 4) is 5.75 Å². The van der Waals surface area contributed by atoms with Gasteiger partial charge in [0.25, 0.3) is 0 Å². The Morgan fingerprint density at radius 3 is 2.85 bits per heavy atom. The zero-order valence-corrected chi connectivity index (χ0v) is 12.1. The number of aromatic nitrogens is 2. The molecule has 3 rings (SSSR count). The molecule has 0 spiro atoms. The van der Waals surface area contributed by atoms with Crippen molar-refractivity contribution in [2.24, 2.45) is 5.92 Å². The van der Waals surface area contributed by atoms with Crippen LogP contribution in [0.1, 0.15) is 32.6 Å². The van der Waals surface area contributed by atoms with E-state index in [1.165, 1.54) is 25.7 Å². The molecule has 1 saturated carbocycles. The minimum Gasteiger partial charge on any atom is -0.497 e. The normalized spacial score (nSPS) is 22.7. The van der Waals surface area contributed by atoms with Gasteiger partial charge in [0.05, 0.1) is 12.6 Å². The summed E-state index contributed by atoms with van der Waals surface area (Å²) in [5.74, 6) is 2.47. The Hall–Kier alpha value is -1.84. The van der Waals surface area contributed by atoms with E-state index < -0.39 is 0 Å². The second-order valence-corrected chi connectivity index (χ2v) is 5.62. The van der Waals surface area contributed by atoms with Crippen molar-refractivity contribution >= 4 is 16.7 Å². The molecule has 2 aromatic rings. The highest BCUT2D eigenvalue weighted by molar-refractivity contribution is 5.89. The van der Waals surface area contributed by atoms with Gasteiger partial charge in [-0.2, -0.15) is 0 Å². The van der Waals surface area contributed by atoms with Crippen LogP contribution in [0.25, 0.3) is 10.9 Å². The highest BCUT2D eigenvalue weighted by Crippen LogP contribution is 2.29. The van der Waals surface area contributed by atoms with Gasteiger partial charge in [-0.3, -0.25) is 0 Å². The van der Waals surface area contributed by atoms with Crippen LogP contribution < -0.4 is 10.1 Å². The molecule has 2 atom stereocenters. The molecule has 0 amide bonds. The Bertz CT molecular complexity index is 599. The summed E-state index contributed by atoms with van der Waals surface area (Å²) in [4.78, 5) is 8.76. The van der Waals surface area contributed by atoms with E-state index in [0.717, 1.165) is 22.5 Å². The van der Waals surface area contributed by atoms with Gasteiger partial charge in [-0.1, -0.05) is 19.8 Å². The van der Waals surface area contributed by atoms with E-state index in [1.807, 2.05) is 18.2 Å². The van der Waals surface area contributed by atoms with Crippen LogP contribution in [0.4, 0.5) is 5.82 Å². The molecular formula is C16H21N3O. The number of benzene rings is 1. The maximum Gasteiger partial charge on any atom is 0.137 e. The Morgan fingerprint density at radius 1 is 1.20 bits per heavy atom. The number of hydrogen-bond acceptors (Lipinski definition) is 4. The van der Waals surface area contributed by atoms with Crippen LogP contribution in [0.3, 0.4) is 0 Å². The van der Waals surface area contributed by atoms with Crippen molar-refractivity contribution in [3.05, 3.63) is 24.5 Å². The van der Waals surface area contributed by atoms with Gasteiger partial charge >= 0.3 is 0 Å². The Morgan fingerprint density at radius 2 is 2.05 bits per heavy atom. The third kappa shape index (κ3) is 2.55. The number of fused-ring (bicyclic) bond motifs is 1. The van der Waals surface area contributed by atoms with Crippen LogP contribution in [0.15, 0.2) is 24.5 Å². The molecule has 1 aliphatic rings. The second kappa shape index (κ2) is 5.65. The van der Waals surface area contributed by atoms with E-state index in [-0.39, 0.29) is 0 Å². The molecule has 1 heterocycles. The van der Waals surface area contributed by atoms with E-state index in [9.17, 15) is 0 Å². The molecule has 1 fully saturated rings. The number of rotatable bonds is 3. The molecule has 1 aromatic carbocycles. The Balaban J connectivity index is 1.91. The zero-order valence-electron chi connectivity index (χ0n) is 12.1. The van der Waals surface area contributed by atoms with E-state index in [0.29, 0.717) is 12.0 Å². The second-order valence-electron chi connectivity index (χ2n) is 5.62. The molecule has 4 nitrogen and oxygen atoms in total. The van der Waals surface area contributed by atoms with Crippen molar-refractivity contribution in [1.82, 2.24) is 9.97 Å². The van der Waals surface area contributed by atoms with Gasteiger partial charge in [0, 0.05) is 17.5 Å². The van der Waals surface area contributed by atoms with Gasteiger partial charge in [0.2, 0.25) is 0 Å². The number of nitrogens with one attached hydrogen (secondary N) is 1. The molecule has 4 heteroatoms. The minimum atomic E-state index is 0.518. The summed E-state index contributed by atoms with van der Waals surface area (Å²) in [5, 5.41) is 4.68. The Kier molecular flexibility index (Phi) is 3.72. The summed E-state index contributed by atoms with van der Waals surface area (Å²) < 4.78 is 5.25. The van der Waals surface area contributed by atoms with Crippen LogP contribution in [-0.4, -0.2) is 23.1 Å². The van der Waals surface area contributed by atoms with Crippen LogP contribution >= 0.6 is 0 Å². The first-order valence-corrected chi connectivity index (χ1v) is 7.33. The SMILES string of the molecule is COc1ccc2c(NC3CCCCC3C)ncnc2c1. The lowest BCUT2D eigenvalue weighted by atomic mass is 9.86. The van der Waals surface area contributed by atoms with Crippen molar-refractivity contribution in [3.63, 3.8) is 0 Å². The smallest absolute Gasteiger partial charge is 0.137 e. The predicted octanol–water partition coefficient (Wildman–Crippen LogP) is 3.63. The number of methoxy groups -OCH3 is 1. The van der Waals surface area contributed by atoms with Gasteiger partial charge in [-0.15, -0.1) is 0 Å². The first kappa shape index (κ1) is 13.2. The highest BCUT2D eigenvalue weighted by Gasteiger charge is 2.22. The number of nitrogens with zero attached hydrogens (tertiary/aromatic N) is 2. The fraction of sp³-hybridized carbons (Fsp3) is 0.500. The van der Waals surface area contributed by atoms with Crippen LogP contribution in [0.2, 0.25) is 0 Å². The van der Waals surface area contributed by atoms with Crippen LogP contribution in [0.5, 0.6) is 5.75 Å². The molecule has 1 N–H and O–H groups in total. The van der Waals surface area contributed by atoms with Crippen molar-refractivity contribution in [2.75, 3.05) is 12.4 Å². The summed E-state index contributed by atoms with van der Waals surface area (Å²) in [5.41, 5.74) is 0.922. The van der Waals surface area contributed by atoms with E-state index in [1.54, 1.807) is 13.4 Å². The third-order valence-corrected chi connectivity index (χ3v) is 4.28. The minimum absolute atomic E-state index is 0.518. The van der Waals surface area contributed by atoms with Gasteiger partial charge in [-0.25, -0.2) is 9.97 Å². The molecule has 20 heavy (non-hydrogen) atoms. The van der Waals surface area contributed by atoms with Crippen LogP contribution in [-0.2, 0) is 0 Å². The van der Waals surface area contributed by atoms with Crippen molar-refractivity contribution in [1.29, 1.82) is 0 Å². The summed E-state index contributed by atoms with van der Waals surface area (Å²) >= 11 is 0. The average Bonchev–Trinajstić information content (AvgIpc) is 2.49.